The van der Waals surface area contributed by atoms with Crippen molar-refractivity contribution in [1.82, 2.24) is 20.1 Å². The Hall–Kier alpha value is -3.14. The molecule has 1 aliphatic heterocycles. The number of fused-ring (bicyclic) bond motifs is 1. The molecule has 0 unspecified atom stereocenters. The first-order valence-corrected chi connectivity index (χ1v) is 14.5. The number of nitrogens with zero attached hydrogens (tertiary/aromatic N) is 4. The van der Waals surface area contributed by atoms with Gasteiger partial charge in [-0.1, -0.05) is 50.6 Å². The lowest BCUT2D eigenvalue weighted by Gasteiger charge is -2.24. The summed E-state index contributed by atoms with van der Waals surface area (Å²) < 4.78 is 1.78. The van der Waals surface area contributed by atoms with Crippen LogP contribution in [-0.2, 0) is 21.5 Å². The highest BCUT2D eigenvalue weighted by molar-refractivity contribution is 8.00. The van der Waals surface area contributed by atoms with Gasteiger partial charge in [0.15, 0.2) is 0 Å². The summed E-state index contributed by atoms with van der Waals surface area (Å²) in [6, 6.07) is 15.2. The molecular formula is C28H28ClN5O2S2. The molecule has 1 aromatic carbocycles. The van der Waals surface area contributed by atoms with Crippen LogP contribution in [0.15, 0.2) is 66.3 Å². The Balaban J connectivity index is 1.63. The lowest BCUT2D eigenvalue weighted by atomic mass is 9.88. The summed E-state index contributed by atoms with van der Waals surface area (Å²) in [7, 11) is 0. The zero-order valence-electron chi connectivity index (χ0n) is 21.3. The van der Waals surface area contributed by atoms with Crippen LogP contribution < -0.4 is 10.2 Å². The average molecular weight is 566 g/mol. The molecule has 196 valence electrons. The van der Waals surface area contributed by atoms with E-state index in [0.717, 1.165) is 27.4 Å². The quantitative estimate of drug-likeness (QED) is 0.321. The average Bonchev–Trinajstić information content (AvgIpc) is 3.53. The normalized spacial score (nSPS) is 15.7. The van der Waals surface area contributed by atoms with Crippen LogP contribution in [-0.4, -0.2) is 38.9 Å². The first-order valence-electron chi connectivity index (χ1n) is 12.2. The van der Waals surface area contributed by atoms with Gasteiger partial charge in [-0.25, -0.2) is 4.68 Å². The van der Waals surface area contributed by atoms with E-state index in [4.69, 9.17) is 16.7 Å². The first kappa shape index (κ1) is 26.5. The monoisotopic (exact) mass is 565 g/mol. The summed E-state index contributed by atoms with van der Waals surface area (Å²) in [5.41, 5.74) is 3.14. The molecule has 0 radical (unpaired) electrons. The summed E-state index contributed by atoms with van der Waals surface area (Å²) in [5, 5.41) is 10.5. The van der Waals surface area contributed by atoms with Gasteiger partial charge in [-0.3, -0.25) is 19.5 Å². The number of anilines is 1. The van der Waals surface area contributed by atoms with Gasteiger partial charge in [-0.15, -0.1) is 23.1 Å². The molecule has 4 heterocycles. The molecule has 0 spiro atoms. The molecule has 1 aliphatic rings. The molecule has 0 aliphatic carbocycles. The molecule has 0 bridgehead atoms. The van der Waals surface area contributed by atoms with Crippen LogP contribution in [0.5, 0.6) is 0 Å². The lowest BCUT2D eigenvalue weighted by molar-refractivity contribution is -0.123. The molecule has 0 saturated heterocycles. The van der Waals surface area contributed by atoms with Crippen molar-refractivity contribution in [3.05, 3.63) is 93.0 Å². The number of thiophene rings is 1. The largest absolute Gasteiger partial charge is 0.350 e. The molecule has 7 nitrogen and oxygen atoms in total. The lowest BCUT2D eigenvalue weighted by Crippen LogP contribution is -2.42. The second-order valence-corrected chi connectivity index (χ2v) is 12.6. The third-order valence-electron chi connectivity index (χ3n) is 6.17. The fourth-order valence-electron chi connectivity index (χ4n) is 4.43. The Bertz CT molecular complexity index is 1450. The van der Waals surface area contributed by atoms with Crippen LogP contribution >= 0.6 is 34.7 Å². The third-order valence-corrected chi connectivity index (χ3v) is 8.73. The molecule has 5 rings (SSSR count). The van der Waals surface area contributed by atoms with Gasteiger partial charge in [0, 0.05) is 39.8 Å². The number of nitrogens with one attached hydrogen (secondary N) is 1. The summed E-state index contributed by atoms with van der Waals surface area (Å²) in [6.07, 6.45) is 3.40. The van der Waals surface area contributed by atoms with Crippen molar-refractivity contribution in [3.8, 4) is 5.69 Å². The van der Waals surface area contributed by atoms with Crippen molar-refractivity contribution >= 4 is 52.3 Å². The van der Waals surface area contributed by atoms with Crippen molar-refractivity contribution in [2.24, 2.45) is 0 Å². The zero-order chi connectivity index (χ0) is 26.9. The van der Waals surface area contributed by atoms with E-state index in [1.165, 1.54) is 0 Å². The van der Waals surface area contributed by atoms with E-state index in [2.05, 4.69) is 37.1 Å². The number of halogens is 1. The Morgan fingerprint density at radius 1 is 1.18 bits per heavy atom. The number of aromatic nitrogens is 3. The van der Waals surface area contributed by atoms with Crippen molar-refractivity contribution in [2.45, 2.75) is 38.0 Å². The highest BCUT2D eigenvalue weighted by Gasteiger charge is 2.40. The van der Waals surface area contributed by atoms with Crippen LogP contribution in [0.1, 0.15) is 47.7 Å². The van der Waals surface area contributed by atoms with Crippen molar-refractivity contribution in [2.75, 3.05) is 17.2 Å². The van der Waals surface area contributed by atoms with Crippen LogP contribution in [0.4, 0.5) is 5.82 Å². The number of rotatable bonds is 6. The Labute approximate surface area is 235 Å². The van der Waals surface area contributed by atoms with Gasteiger partial charge in [0.05, 0.1) is 22.4 Å². The number of carbonyl (C=O) groups is 2. The summed E-state index contributed by atoms with van der Waals surface area (Å²) >= 11 is 9.60. The fraction of sp³-hybridized carbons (Fsp3) is 0.286. The zero-order valence-corrected chi connectivity index (χ0v) is 23.7. The van der Waals surface area contributed by atoms with Gasteiger partial charge in [-0.05, 0) is 41.3 Å². The van der Waals surface area contributed by atoms with Crippen molar-refractivity contribution in [1.29, 1.82) is 0 Å². The highest BCUT2D eigenvalue weighted by atomic mass is 35.5. The summed E-state index contributed by atoms with van der Waals surface area (Å²) in [5.74, 6) is 0.452. The second kappa shape index (κ2) is 10.9. The molecular weight excluding hydrogens is 538 g/mol. The van der Waals surface area contributed by atoms with Gasteiger partial charge in [0.1, 0.15) is 12.4 Å². The van der Waals surface area contributed by atoms with E-state index in [9.17, 15) is 9.59 Å². The molecule has 10 heteroatoms. The molecule has 4 aromatic rings. The summed E-state index contributed by atoms with van der Waals surface area (Å²) in [4.78, 5) is 33.7. The maximum Gasteiger partial charge on any atom is 0.240 e. The van der Waals surface area contributed by atoms with Crippen LogP contribution in [0.2, 0.25) is 5.02 Å². The van der Waals surface area contributed by atoms with Crippen molar-refractivity contribution in [3.63, 3.8) is 0 Å². The molecule has 0 fully saturated rings. The summed E-state index contributed by atoms with van der Waals surface area (Å²) in [6.45, 7) is 6.55. The molecule has 3 aromatic heterocycles. The Morgan fingerprint density at radius 2 is 2.03 bits per heavy atom. The molecule has 2 amide bonds. The number of hydrogen-bond donors (Lipinski definition) is 1. The minimum atomic E-state index is -0.314. The number of amides is 2. The minimum absolute atomic E-state index is 0.0976. The maximum absolute atomic E-state index is 13.7. The van der Waals surface area contributed by atoms with Crippen molar-refractivity contribution < 1.29 is 9.59 Å². The smallest absolute Gasteiger partial charge is 0.240 e. The standard InChI is InChI=1S/C28H28ClN5O2S2/c1-28(2,3)26-24-25(21-10-6-12-37-21)38-17-23(36)33(16-22(35)31-15-18-7-5-11-30-14-18)27(24)34(32-26)20-9-4-8-19(29)13-20/h4-14,25H,15-17H2,1-3H3,(H,31,35)/t25-/m0/s1. The van der Waals surface area contributed by atoms with E-state index in [0.29, 0.717) is 17.4 Å². The SMILES string of the molecule is CC(C)(C)c1nn(-c2cccc(Cl)c2)c2c1[C@H](c1cccs1)SCC(=O)N2CC(=O)NCc1cccnc1. The predicted molar refractivity (Wildman–Crippen MR) is 154 cm³/mol. The van der Waals surface area contributed by atoms with E-state index in [1.54, 1.807) is 51.1 Å². The molecule has 38 heavy (non-hydrogen) atoms. The van der Waals surface area contributed by atoms with Crippen LogP contribution in [0.3, 0.4) is 0 Å². The van der Waals surface area contributed by atoms with E-state index in [1.807, 2.05) is 41.8 Å². The van der Waals surface area contributed by atoms with Crippen LogP contribution in [0.25, 0.3) is 5.69 Å². The van der Waals surface area contributed by atoms with Gasteiger partial charge in [-0.2, -0.15) is 5.10 Å². The second-order valence-electron chi connectivity index (χ2n) is 10.1. The number of carbonyl (C=O) groups excluding carboxylic acids is 2. The predicted octanol–water partition coefficient (Wildman–Crippen LogP) is 5.77. The number of pyridine rings is 1. The van der Waals surface area contributed by atoms with E-state index >= 15 is 0 Å². The molecule has 0 saturated carbocycles. The number of thioether (sulfide) groups is 1. The van der Waals surface area contributed by atoms with Gasteiger partial charge in [0.25, 0.3) is 0 Å². The third kappa shape index (κ3) is 5.50. The first-order chi connectivity index (χ1) is 18.2. The number of benzene rings is 1. The maximum atomic E-state index is 13.7. The highest BCUT2D eigenvalue weighted by Crippen LogP contribution is 2.49. The van der Waals surface area contributed by atoms with E-state index in [-0.39, 0.29) is 34.8 Å². The van der Waals surface area contributed by atoms with Crippen LogP contribution in [0, 0.1) is 0 Å². The topological polar surface area (TPSA) is 80.1 Å². The molecule has 1 atom stereocenters. The van der Waals surface area contributed by atoms with E-state index < -0.39 is 0 Å². The van der Waals surface area contributed by atoms with Gasteiger partial charge in [0.2, 0.25) is 11.8 Å². The fourth-order valence-corrected chi connectivity index (χ4v) is 6.79. The Morgan fingerprint density at radius 3 is 2.71 bits per heavy atom. The Kier molecular flexibility index (Phi) is 7.61. The number of hydrogen-bond acceptors (Lipinski definition) is 6. The minimum Gasteiger partial charge on any atom is -0.350 e. The molecule has 1 N–H and O–H groups in total. The van der Waals surface area contributed by atoms with Gasteiger partial charge < -0.3 is 5.32 Å². The van der Waals surface area contributed by atoms with Gasteiger partial charge >= 0.3 is 0 Å².